The fourth-order valence-corrected chi connectivity index (χ4v) is 5.11. The molecule has 17 heteroatoms. The van der Waals surface area contributed by atoms with Crippen LogP contribution in [0.4, 0.5) is 17.6 Å². The van der Waals surface area contributed by atoms with Crippen molar-refractivity contribution in [1.29, 1.82) is 0 Å². The van der Waals surface area contributed by atoms with Crippen molar-refractivity contribution in [3.63, 3.8) is 0 Å². The van der Waals surface area contributed by atoms with Crippen LogP contribution in [0.25, 0.3) is 45.2 Å². The van der Waals surface area contributed by atoms with E-state index in [-0.39, 0.29) is 17.5 Å². The zero-order chi connectivity index (χ0) is 34.1. The molecule has 17 nitrogen and oxygen atoms in total. The van der Waals surface area contributed by atoms with Crippen LogP contribution in [0.2, 0.25) is 0 Å². The number of fused-ring (bicyclic) bond motifs is 2. The van der Waals surface area contributed by atoms with E-state index < -0.39 is 5.97 Å². The van der Waals surface area contributed by atoms with Crippen molar-refractivity contribution in [2.24, 2.45) is 0 Å². The second-order valence-electron chi connectivity index (χ2n) is 10.9. The summed E-state index contributed by atoms with van der Waals surface area (Å²) in [5.74, 6) is 0.313. The fraction of sp³-hybridized carbons (Fsp3) is 0.0938. The largest absolute Gasteiger partial charge is 0.478 e. The molecule has 0 aliphatic carbocycles. The number of aryl methyl sites for hydroxylation is 1. The lowest BCUT2D eigenvalue weighted by atomic mass is 10.1. The molecule has 0 bridgehead atoms. The van der Waals surface area contributed by atoms with Gasteiger partial charge in [0.15, 0.2) is 33.8 Å². The minimum atomic E-state index is -0.989. The zero-order valence-electron chi connectivity index (χ0n) is 25.8. The van der Waals surface area contributed by atoms with E-state index in [0.29, 0.717) is 58.3 Å². The molecule has 0 spiro atoms. The van der Waals surface area contributed by atoms with E-state index in [4.69, 9.17) is 31.1 Å². The first-order chi connectivity index (χ1) is 23.7. The lowest BCUT2D eigenvalue weighted by Crippen LogP contribution is -2.06. The summed E-state index contributed by atoms with van der Waals surface area (Å²) < 4.78 is 14.0. The first-order valence-corrected chi connectivity index (χ1v) is 14.7. The molecule has 0 saturated heterocycles. The highest BCUT2D eigenvalue weighted by Gasteiger charge is 2.19. The maximum Gasteiger partial charge on any atom is 0.335 e. The molecule has 6 heterocycles. The Labute approximate surface area is 276 Å². The van der Waals surface area contributed by atoms with Gasteiger partial charge in [-0.3, -0.25) is 0 Å². The van der Waals surface area contributed by atoms with Gasteiger partial charge in [0.2, 0.25) is 11.9 Å². The Morgan fingerprint density at radius 2 is 1.27 bits per heavy atom. The lowest BCUT2D eigenvalue weighted by Gasteiger charge is -2.06. The summed E-state index contributed by atoms with van der Waals surface area (Å²) >= 11 is 0. The molecule has 2 aromatic carbocycles. The number of hydrogen-bond acceptors (Lipinski definition) is 14. The predicted molar refractivity (Wildman–Crippen MR) is 178 cm³/mol. The summed E-state index contributed by atoms with van der Waals surface area (Å²) in [4.78, 5) is 28.0. The van der Waals surface area contributed by atoms with Gasteiger partial charge < -0.3 is 31.1 Å². The molecule has 0 radical (unpaired) electrons. The fourth-order valence-electron chi connectivity index (χ4n) is 5.11. The summed E-state index contributed by atoms with van der Waals surface area (Å²) in [6, 6.07) is 19.5. The Morgan fingerprint density at radius 3 is 1.76 bits per heavy atom. The van der Waals surface area contributed by atoms with Gasteiger partial charge in [-0.2, -0.15) is 9.97 Å². The highest BCUT2D eigenvalue weighted by Crippen LogP contribution is 2.27. The Balaban J connectivity index is 0.000000154. The van der Waals surface area contributed by atoms with Crippen molar-refractivity contribution in [1.82, 2.24) is 49.9 Å². The average molecular weight is 658 g/mol. The molecule has 0 aliphatic heterocycles. The SMILES string of the molecule is Cc1cc(Cn2nnc3c(-c4ccco4)nc(N)nc32)ccc1N.Nc1nc(-c2ccco2)c2nnn(Cc3cccc(C(=O)O)c3)c2n1. The number of carbonyl (C=O) groups is 1. The lowest BCUT2D eigenvalue weighted by molar-refractivity contribution is 0.0696. The van der Waals surface area contributed by atoms with E-state index in [2.05, 4.69) is 40.6 Å². The minimum Gasteiger partial charge on any atom is -0.478 e. The molecule has 0 fully saturated rings. The van der Waals surface area contributed by atoms with Crippen LogP contribution >= 0.6 is 0 Å². The topological polar surface area (TPSA) is 255 Å². The van der Waals surface area contributed by atoms with Gasteiger partial charge in [0.05, 0.1) is 31.2 Å². The van der Waals surface area contributed by atoms with Crippen LogP contribution in [-0.4, -0.2) is 61.0 Å². The molecule has 7 N–H and O–H groups in total. The number of nitrogens with two attached hydrogens (primary N) is 3. The van der Waals surface area contributed by atoms with Gasteiger partial charge in [0.1, 0.15) is 11.4 Å². The summed E-state index contributed by atoms with van der Waals surface area (Å²) in [7, 11) is 0. The van der Waals surface area contributed by atoms with Crippen LogP contribution in [0, 0.1) is 6.92 Å². The molecule has 8 rings (SSSR count). The smallest absolute Gasteiger partial charge is 0.335 e. The molecule has 0 amide bonds. The Bertz CT molecular complexity index is 2430. The van der Waals surface area contributed by atoms with Gasteiger partial charge in [0.25, 0.3) is 0 Å². The van der Waals surface area contributed by atoms with Crippen molar-refractivity contribution < 1.29 is 18.7 Å². The minimum absolute atomic E-state index is 0.0711. The average Bonchev–Trinajstić information content (AvgIpc) is 3.92. The highest BCUT2D eigenvalue weighted by molar-refractivity contribution is 5.88. The number of nitrogens with zero attached hydrogens (tertiary/aromatic N) is 10. The maximum atomic E-state index is 11.1. The number of furan rings is 2. The van der Waals surface area contributed by atoms with Crippen LogP contribution < -0.4 is 17.2 Å². The molecule has 0 saturated carbocycles. The summed E-state index contributed by atoms with van der Waals surface area (Å²) in [6.07, 6.45) is 3.10. The molecular formula is C32H27N13O4. The molecular weight excluding hydrogens is 630 g/mol. The van der Waals surface area contributed by atoms with Crippen molar-refractivity contribution in [2.45, 2.75) is 20.0 Å². The van der Waals surface area contributed by atoms with Gasteiger partial charge in [-0.25, -0.2) is 24.1 Å². The van der Waals surface area contributed by atoms with E-state index in [9.17, 15) is 4.79 Å². The van der Waals surface area contributed by atoms with Gasteiger partial charge in [-0.15, -0.1) is 10.2 Å². The summed E-state index contributed by atoms with van der Waals surface area (Å²) in [5.41, 5.74) is 24.3. The quantitative estimate of drug-likeness (QED) is 0.178. The number of anilines is 3. The van der Waals surface area contributed by atoms with E-state index in [0.717, 1.165) is 22.4 Å². The zero-order valence-corrected chi connectivity index (χ0v) is 25.8. The number of carboxylic acid groups (broad SMARTS) is 1. The van der Waals surface area contributed by atoms with Crippen LogP contribution in [0.15, 0.2) is 88.1 Å². The monoisotopic (exact) mass is 657 g/mol. The van der Waals surface area contributed by atoms with Crippen LogP contribution in [0.1, 0.15) is 27.0 Å². The highest BCUT2D eigenvalue weighted by atomic mass is 16.4. The third-order valence-corrected chi connectivity index (χ3v) is 7.44. The van der Waals surface area contributed by atoms with Crippen molar-refractivity contribution in [2.75, 3.05) is 17.2 Å². The summed E-state index contributed by atoms with van der Waals surface area (Å²) in [6.45, 7) is 2.77. The van der Waals surface area contributed by atoms with Crippen LogP contribution in [0.3, 0.4) is 0 Å². The molecule has 0 atom stereocenters. The van der Waals surface area contributed by atoms with Crippen LogP contribution in [0.5, 0.6) is 0 Å². The number of aromatic carboxylic acids is 1. The van der Waals surface area contributed by atoms with Crippen molar-refractivity contribution in [3.05, 3.63) is 102 Å². The molecule has 0 aliphatic rings. The standard InChI is InChI=1S/C16H15N7O.C16H12N6O3/c1-9-7-10(4-5-11(9)17)8-23-15-14(21-22-23)13(19-16(18)20-15)12-3-2-6-24-12;17-16-18-12(11-5-2-6-25-11)13-14(19-16)22(21-20-13)8-9-3-1-4-10(7-9)15(23)24/h2-7H,8,17H2,1H3,(H2,18,19,20);1-7H,8H2,(H,23,24)(H2,17,18,19). The summed E-state index contributed by atoms with van der Waals surface area (Å²) in [5, 5.41) is 25.7. The maximum absolute atomic E-state index is 11.1. The van der Waals surface area contributed by atoms with E-state index in [1.807, 2.05) is 25.1 Å². The van der Waals surface area contributed by atoms with Crippen LogP contribution in [-0.2, 0) is 13.1 Å². The molecule has 49 heavy (non-hydrogen) atoms. The third kappa shape index (κ3) is 6.18. The Kier molecular flexibility index (Phi) is 7.81. The number of hydrogen-bond donors (Lipinski definition) is 4. The molecule has 244 valence electrons. The number of aromatic nitrogens is 10. The second-order valence-corrected chi connectivity index (χ2v) is 10.9. The Morgan fingerprint density at radius 1 is 0.714 bits per heavy atom. The van der Waals surface area contributed by atoms with Gasteiger partial charge >= 0.3 is 5.97 Å². The number of nitrogen functional groups attached to an aromatic ring is 3. The molecule has 8 aromatic rings. The first kappa shape index (κ1) is 30.5. The van der Waals surface area contributed by atoms with Crippen molar-refractivity contribution in [3.8, 4) is 22.9 Å². The molecule has 6 aromatic heterocycles. The van der Waals surface area contributed by atoms with E-state index in [1.54, 1.807) is 58.1 Å². The number of rotatable bonds is 7. The van der Waals surface area contributed by atoms with Gasteiger partial charge in [-0.1, -0.05) is 34.7 Å². The predicted octanol–water partition coefficient (Wildman–Crippen LogP) is 3.81. The van der Waals surface area contributed by atoms with E-state index >= 15 is 0 Å². The second kappa shape index (κ2) is 12.6. The number of carboxylic acids is 1. The molecule has 0 unspecified atom stereocenters. The van der Waals surface area contributed by atoms with Gasteiger partial charge in [-0.05, 0) is 66.1 Å². The third-order valence-electron chi connectivity index (χ3n) is 7.44. The van der Waals surface area contributed by atoms with Gasteiger partial charge in [0, 0.05) is 5.69 Å². The normalized spacial score (nSPS) is 11.1. The van der Waals surface area contributed by atoms with Crippen molar-refractivity contribution >= 4 is 45.9 Å². The Hall–Kier alpha value is -7.17. The first-order valence-electron chi connectivity index (χ1n) is 14.7. The number of benzene rings is 2. The van der Waals surface area contributed by atoms with E-state index in [1.165, 1.54) is 12.3 Å².